The number of hydrogen-bond acceptors (Lipinski definition) is 7. The van der Waals surface area contributed by atoms with E-state index in [1.807, 2.05) is 0 Å². The van der Waals surface area contributed by atoms with Crippen molar-refractivity contribution >= 4 is 21.5 Å². The molecule has 0 spiro atoms. The lowest BCUT2D eigenvalue weighted by Gasteiger charge is -2.32. The lowest BCUT2D eigenvalue weighted by atomic mass is 9.92. The number of phenols is 1. The van der Waals surface area contributed by atoms with Gasteiger partial charge in [-0.15, -0.1) is 0 Å². The summed E-state index contributed by atoms with van der Waals surface area (Å²) in [5, 5.41) is 10.1. The second-order valence-corrected chi connectivity index (χ2v) is 9.86. The number of hydrogen-bond donors (Lipinski definition) is 1. The van der Waals surface area contributed by atoms with Crippen LogP contribution in [0.15, 0.2) is 12.1 Å². The molecular formula is C18H23NO7S. The van der Waals surface area contributed by atoms with E-state index in [1.54, 1.807) is 20.9 Å². The van der Waals surface area contributed by atoms with Gasteiger partial charge in [0.1, 0.15) is 28.4 Å². The zero-order valence-electron chi connectivity index (χ0n) is 15.5. The molecule has 0 saturated carbocycles. The highest BCUT2D eigenvalue weighted by Gasteiger charge is 2.35. The predicted molar refractivity (Wildman–Crippen MR) is 97.1 cm³/mol. The van der Waals surface area contributed by atoms with Gasteiger partial charge in [-0.05, 0) is 20.3 Å². The number of nitrogens with zero attached hydrogens (tertiary/aromatic N) is 1. The molecule has 27 heavy (non-hydrogen) atoms. The van der Waals surface area contributed by atoms with Gasteiger partial charge in [0.2, 0.25) is 0 Å². The molecule has 1 amide bonds. The highest BCUT2D eigenvalue weighted by molar-refractivity contribution is 7.91. The number of sulfone groups is 1. The number of Topliss-reactive ketones (excluding diaryl/α,β-unsaturated/α-hetero) is 1. The van der Waals surface area contributed by atoms with Crippen LogP contribution in [0.25, 0.3) is 0 Å². The maximum Gasteiger partial charge on any atom is 0.260 e. The fourth-order valence-corrected chi connectivity index (χ4v) is 5.13. The maximum absolute atomic E-state index is 12.3. The summed E-state index contributed by atoms with van der Waals surface area (Å²) >= 11 is 0. The van der Waals surface area contributed by atoms with Gasteiger partial charge >= 0.3 is 0 Å². The number of phenolic OH excluding ortho intramolecular Hbond substituents is 1. The first-order valence-electron chi connectivity index (χ1n) is 8.65. The van der Waals surface area contributed by atoms with Crippen LogP contribution < -0.4 is 9.47 Å². The lowest BCUT2D eigenvalue weighted by molar-refractivity contribution is -0.133. The van der Waals surface area contributed by atoms with Crippen molar-refractivity contribution in [3.8, 4) is 17.2 Å². The molecule has 1 N–H and O–H groups in total. The summed E-state index contributed by atoms with van der Waals surface area (Å²) in [5.74, 6) is -0.400. The molecule has 0 bridgehead atoms. The molecule has 9 heteroatoms. The van der Waals surface area contributed by atoms with Crippen LogP contribution in [0.3, 0.4) is 0 Å². The Bertz CT molecular complexity index is 891. The number of ketones is 1. The Morgan fingerprint density at radius 3 is 2.74 bits per heavy atom. The number of likely N-dealkylation sites (N-methyl/N-ethyl adjacent to an activating group) is 1. The summed E-state index contributed by atoms with van der Waals surface area (Å²) < 4.78 is 34.3. The molecule has 8 nitrogen and oxygen atoms in total. The van der Waals surface area contributed by atoms with Crippen molar-refractivity contribution in [3.05, 3.63) is 17.7 Å². The smallest absolute Gasteiger partial charge is 0.260 e. The first kappa shape index (κ1) is 19.5. The topological polar surface area (TPSA) is 110 Å². The summed E-state index contributed by atoms with van der Waals surface area (Å²) in [6, 6.07) is 2.39. The summed E-state index contributed by atoms with van der Waals surface area (Å²) in [6.45, 7) is 3.22. The van der Waals surface area contributed by atoms with Gasteiger partial charge in [0.15, 0.2) is 22.2 Å². The number of benzene rings is 1. The molecule has 148 valence electrons. The number of fused-ring (bicyclic) bond motifs is 1. The Kier molecular flexibility index (Phi) is 4.83. The minimum Gasteiger partial charge on any atom is -0.507 e. The minimum absolute atomic E-state index is 0.0418. The molecule has 0 unspecified atom stereocenters. The first-order chi connectivity index (χ1) is 12.5. The van der Waals surface area contributed by atoms with E-state index < -0.39 is 15.4 Å². The van der Waals surface area contributed by atoms with Gasteiger partial charge in [0.25, 0.3) is 5.91 Å². The second kappa shape index (κ2) is 6.70. The number of rotatable bonds is 4. The van der Waals surface area contributed by atoms with Crippen molar-refractivity contribution in [1.29, 1.82) is 0 Å². The van der Waals surface area contributed by atoms with E-state index in [2.05, 4.69) is 0 Å². The minimum atomic E-state index is -3.09. The third-order valence-electron chi connectivity index (χ3n) is 4.82. The normalized spacial score (nSPS) is 22.6. The van der Waals surface area contributed by atoms with Gasteiger partial charge in [0, 0.05) is 25.2 Å². The lowest BCUT2D eigenvalue weighted by Crippen LogP contribution is -2.40. The molecule has 0 aromatic heterocycles. The van der Waals surface area contributed by atoms with Gasteiger partial charge in [-0.2, -0.15) is 0 Å². The summed E-state index contributed by atoms with van der Waals surface area (Å²) in [6.07, 6.45) is 0.566. The maximum atomic E-state index is 12.3. The largest absolute Gasteiger partial charge is 0.507 e. The van der Waals surface area contributed by atoms with Crippen LogP contribution in [0.2, 0.25) is 0 Å². The van der Waals surface area contributed by atoms with E-state index in [9.17, 15) is 23.1 Å². The Morgan fingerprint density at radius 2 is 2.11 bits per heavy atom. The molecular weight excluding hydrogens is 374 g/mol. The first-order valence-corrected chi connectivity index (χ1v) is 10.5. The molecule has 1 aromatic carbocycles. The monoisotopic (exact) mass is 397 g/mol. The van der Waals surface area contributed by atoms with Crippen molar-refractivity contribution in [1.82, 2.24) is 4.90 Å². The molecule has 2 aliphatic rings. The summed E-state index contributed by atoms with van der Waals surface area (Å²) in [4.78, 5) is 25.9. The van der Waals surface area contributed by atoms with E-state index in [1.165, 1.54) is 17.0 Å². The van der Waals surface area contributed by atoms with E-state index >= 15 is 0 Å². The highest BCUT2D eigenvalue weighted by Crippen LogP contribution is 2.40. The van der Waals surface area contributed by atoms with Crippen molar-refractivity contribution < 1.29 is 32.6 Å². The molecule has 3 rings (SSSR count). The molecule has 1 fully saturated rings. The van der Waals surface area contributed by atoms with Gasteiger partial charge in [-0.1, -0.05) is 0 Å². The Morgan fingerprint density at radius 1 is 1.41 bits per heavy atom. The number of carbonyl (C=O) groups is 2. The Hall–Kier alpha value is -2.29. The van der Waals surface area contributed by atoms with Gasteiger partial charge in [0.05, 0.1) is 17.9 Å². The molecule has 0 aliphatic carbocycles. The van der Waals surface area contributed by atoms with Crippen molar-refractivity contribution in [2.24, 2.45) is 0 Å². The van der Waals surface area contributed by atoms with Gasteiger partial charge in [-0.25, -0.2) is 8.42 Å². The fraction of sp³-hybridized carbons (Fsp3) is 0.556. The van der Waals surface area contributed by atoms with Crippen LogP contribution in [0.4, 0.5) is 0 Å². The van der Waals surface area contributed by atoms with Crippen LogP contribution in [-0.4, -0.2) is 66.9 Å². The van der Waals surface area contributed by atoms with Crippen LogP contribution in [0.1, 0.15) is 37.0 Å². The molecule has 1 aromatic rings. The third kappa shape index (κ3) is 4.18. The Balaban J connectivity index is 1.69. The van der Waals surface area contributed by atoms with E-state index in [0.29, 0.717) is 6.42 Å². The summed E-state index contributed by atoms with van der Waals surface area (Å²) in [7, 11) is -1.54. The van der Waals surface area contributed by atoms with Crippen LogP contribution in [0, 0.1) is 0 Å². The predicted octanol–water partition coefficient (Wildman–Crippen LogP) is 1.16. The Labute approximate surface area is 158 Å². The van der Waals surface area contributed by atoms with Crippen LogP contribution in [0.5, 0.6) is 17.2 Å². The molecule has 0 radical (unpaired) electrons. The number of aromatic hydroxyl groups is 1. The van der Waals surface area contributed by atoms with E-state index in [-0.39, 0.29) is 65.1 Å². The van der Waals surface area contributed by atoms with Crippen molar-refractivity contribution in [3.63, 3.8) is 0 Å². The van der Waals surface area contributed by atoms with E-state index in [4.69, 9.17) is 9.47 Å². The average molecular weight is 397 g/mol. The quantitative estimate of drug-likeness (QED) is 0.812. The molecule has 2 heterocycles. The molecule has 1 atom stereocenters. The zero-order valence-corrected chi connectivity index (χ0v) is 16.3. The summed E-state index contributed by atoms with van der Waals surface area (Å²) in [5.41, 5.74) is -0.583. The average Bonchev–Trinajstić information content (AvgIpc) is 2.89. The van der Waals surface area contributed by atoms with Gasteiger partial charge in [-0.3, -0.25) is 9.59 Å². The van der Waals surface area contributed by atoms with Gasteiger partial charge < -0.3 is 19.5 Å². The highest BCUT2D eigenvalue weighted by atomic mass is 32.2. The number of amides is 1. The third-order valence-corrected chi connectivity index (χ3v) is 6.57. The van der Waals surface area contributed by atoms with Crippen molar-refractivity contribution in [2.45, 2.75) is 38.3 Å². The number of carbonyl (C=O) groups excluding carboxylic acids is 2. The molecule has 2 aliphatic heterocycles. The van der Waals surface area contributed by atoms with Crippen LogP contribution in [-0.2, 0) is 14.6 Å². The fourth-order valence-electron chi connectivity index (χ4n) is 3.36. The zero-order chi connectivity index (χ0) is 20.0. The molecule has 1 saturated heterocycles. The number of ether oxygens (including phenoxy) is 2. The standard InChI is InChI=1S/C18H23NO7S/c1-18(2)8-14(21)17-13(20)6-12(7-15(17)26-18)25-9-16(22)19(3)11-4-5-27(23,24)10-11/h6-7,11,20H,4-5,8-10H2,1-3H3/t11-/m1/s1. The van der Waals surface area contributed by atoms with E-state index in [0.717, 1.165) is 0 Å². The second-order valence-electron chi connectivity index (χ2n) is 7.63. The SMILES string of the molecule is CN(C(=O)COc1cc(O)c2c(c1)OC(C)(C)CC2=O)[C@@H]1CCS(=O)(=O)C1. The van der Waals surface area contributed by atoms with Crippen molar-refractivity contribution in [2.75, 3.05) is 25.2 Å². The van der Waals surface area contributed by atoms with Crippen LogP contribution >= 0.6 is 0 Å².